The minimum atomic E-state index is -1.61. The average Bonchev–Trinajstić information content (AvgIpc) is 2.75. The van der Waals surface area contributed by atoms with Gasteiger partial charge in [0.15, 0.2) is 6.10 Å². The molecule has 0 bridgehead atoms. The summed E-state index contributed by atoms with van der Waals surface area (Å²) in [5.41, 5.74) is 6.35. The van der Waals surface area contributed by atoms with Crippen molar-refractivity contribution >= 4 is 17.7 Å². The summed E-state index contributed by atoms with van der Waals surface area (Å²) in [5.74, 6) is -2.08. The molecule has 4 atom stereocenters. The predicted molar refractivity (Wildman–Crippen MR) is 110 cm³/mol. The highest BCUT2D eigenvalue weighted by atomic mass is 16.3. The number of amides is 3. The monoisotopic (exact) mass is 397 g/mol. The molecule has 0 saturated carbocycles. The van der Waals surface area contributed by atoms with Crippen LogP contribution in [-0.2, 0) is 9.59 Å². The summed E-state index contributed by atoms with van der Waals surface area (Å²) in [4.78, 5) is 37.0. The third-order valence-electron chi connectivity index (χ3n) is 4.88. The van der Waals surface area contributed by atoms with Gasteiger partial charge < -0.3 is 21.5 Å². The molecule has 2 aromatic carbocycles. The van der Waals surface area contributed by atoms with E-state index in [1.54, 1.807) is 67.6 Å². The highest BCUT2D eigenvalue weighted by molar-refractivity contribution is 5.95. The minimum Gasteiger partial charge on any atom is -0.381 e. The van der Waals surface area contributed by atoms with Gasteiger partial charge in [-0.1, -0.05) is 68.8 Å². The van der Waals surface area contributed by atoms with E-state index in [9.17, 15) is 19.5 Å². The van der Waals surface area contributed by atoms with Crippen LogP contribution in [0.5, 0.6) is 0 Å². The molecular formula is C22H27N3O4. The molecule has 0 spiro atoms. The average molecular weight is 397 g/mol. The molecule has 0 radical (unpaired) electrons. The number of aliphatic hydroxyl groups excluding tert-OH is 1. The molecule has 0 fully saturated rings. The van der Waals surface area contributed by atoms with E-state index < -0.39 is 35.9 Å². The fourth-order valence-electron chi connectivity index (χ4n) is 2.94. The van der Waals surface area contributed by atoms with Gasteiger partial charge in [-0.05, 0) is 23.6 Å². The van der Waals surface area contributed by atoms with Gasteiger partial charge in [-0.3, -0.25) is 14.4 Å². The molecule has 0 unspecified atom stereocenters. The number of carbonyl (C=O) groups excluding carboxylic acids is 3. The number of hydrogen-bond donors (Lipinski definition) is 4. The third-order valence-corrected chi connectivity index (χ3v) is 4.88. The number of hydrogen-bond acceptors (Lipinski definition) is 4. The van der Waals surface area contributed by atoms with Crippen LogP contribution < -0.4 is 16.4 Å². The summed E-state index contributed by atoms with van der Waals surface area (Å²) in [5, 5.41) is 16.0. The lowest BCUT2D eigenvalue weighted by molar-refractivity contribution is -0.135. The van der Waals surface area contributed by atoms with Crippen LogP contribution in [0.3, 0.4) is 0 Å². The van der Waals surface area contributed by atoms with Crippen molar-refractivity contribution in [1.82, 2.24) is 10.6 Å². The van der Waals surface area contributed by atoms with Crippen LogP contribution in [0.25, 0.3) is 0 Å². The molecule has 3 amide bonds. The van der Waals surface area contributed by atoms with Crippen LogP contribution in [0.15, 0.2) is 60.7 Å². The molecule has 2 rings (SSSR count). The Morgan fingerprint density at radius 1 is 0.966 bits per heavy atom. The van der Waals surface area contributed by atoms with Crippen LogP contribution in [-0.4, -0.2) is 35.0 Å². The van der Waals surface area contributed by atoms with Gasteiger partial charge in [-0.25, -0.2) is 0 Å². The Morgan fingerprint density at radius 3 is 2.03 bits per heavy atom. The maximum atomic E-state index is 12.7. The van der Waals surface area contributed by atoms with Crippen LogP contribution in [0, 0.1) is 5.92 Å². The Bertz CT molecular complexity index is 826. The van der Waals surface area contributed by atoms with E-state index in [1.807, 2.05) is 6.92 Å². The van der Waals surface area contributed by atoms with E-state index in [-0.39, 0.29) is 5.92 Å². The summed E-state index contributed by atoms with van der Waals surface area (Å²) in [6, 6.07) is 15.3. The molecule has 0 saturated heterocycles. The predicted octanol–water partition coefficient (Wildman–Crippen LogP) is 1.53. The van der Waals surface area contributed by atoms with E-state index in [1.165, 1.54) is 0 Å². The number of benzene rings is 2. The largest absolute Gasteiger partial charge is 0.381 e. The summed E-state index contributed by atoms with van der Waals surface area (Å²) in [7, 11) is 0. The smallest absolute Gasteiger partial charge is 0.252 e. The molecule has 0 heterocycles. The molecule has 0 aliphatic rings. The normalized spacial score (nSPS) is 14.9. The van der Waals surface area contributed by atoms with Gasteiger partial charge in [-0.15, -0.1) is 0 Å². The quantitative estimate of drug-likeness (QED) is 0.513. The van der Waals surface area contributed by atoms with E-state index in [0.29, 0.717) is 17.5 Å². The van der Waals surface area contributed by atoms with Gasteiger partial charge in [0.25, 0.3) is 11.8 Å². The molecular weight excluding hydrogens is 370 g/mol. The van der Waals surface area contributed by atoms with Crippen LogP contribution >= 0.6 is 0 Å². The first-order valence-electron chi connectivity index (χ1n) is 9.53. The minimum absolute atomic E-state index is 0.197. The summed E-state index contributed by atoms with van der Waals surface area (Å²) in [6.45, 7) is 3.66. The van der Waals surface area contributed by atoms with Crippen molar-refractivity contribution in [1.29, 1.82) is 0 Å². The molecule has 7 heteroatoms. The van der Waals surface area contributed by atoms with Crippen molar-refractivity contribution < 1.29 is 19.5 Å². The van der Waals surface area contributed by atoms with Gasteiger partial charge >= 0.3 is 0 Å². The van der Waals surface area contributed by atoms with E-state index in [0.717, 1.165) is 0 Å². The number of rotatable bonds is 9. The van der Waals surface area contributed by atoms with Gasteiger partial charge in [0.2, 0.25) is 5.91 Å². The lowest BCUT2D eigenvalue weighted by Gasteiger charge is -2.27. The molecule has 0 aliphatic carbocycles. The molecule has 2 aromatic rings. The first-order chi connectivity index (χ1) is 13.8. The fraction of sp³-hybridized carbons (Fsp3) is 0.318. The van der Waals surface area contributed by atoms with Crippen molar-refractivity contribution in [2.24, 2.45) is 11.7 Å². The zero-order valence-corrected chi connectivity index (χ0v) is 16.5. The SMILES string of the molecule is CC[C@@H](C)[C@H](NC(=O)[C@H](O)[C@@H](NC(=O)c1ccccc1)c1ccccc1)C(N)=O. The third kappa shape index (κ3) is 5.89. The number of aliphatic hydroxyl groups is 1. The van der Waals surface area contributed by atoms with Crippen molar-refractivity contribution in [3.8, 4) is 0 Å². The molecule has 7 nitrogen and oxygen atoms in total. The van der Waals surface area contributed by atoms with E-state index >= 15 is 0 Å². The van der Waals surface area contributed by atoms with E-state index in [4.69, 9.17) is 5.73 Å². The van der Waals surface area contributed by atoms with Gasteiger partial charge in [0.1, 0.15) is 6.04 Å². The molecule has 5 N–H and O–H groups in total. The first-order valence-corrected chi connectivity index (χ1v) is 9.53. The number of nitrogens with two attached hydrogens (primary N) is 1. The highest BCUT2D eigenvalue weighted by Gasteiger charge is 2.33. The fourth-order valence-corrected chi connectivity index (χ4v) is 2.94. The number of primary amides is 1. The Hall–Kier alpha value is -3.19. The summed E-state index contributed by atoms with van der Waals surface area (Å²) < 4.78 is 0. The van der Waals surface area contributed by atoms with Gasteiger partial charge in [-0.2, -0.15) is 0 Å². The lowest BCUT2D eigenvalue weighted by Crippen LogP contribution is -2.53. The van der Waals surface area contributed by atoms with Crippen molar-refractivity contribution in [2.75, 3.05) is 0 Å². The highest BCUT2D eigenvalue weighted by Crippen LogP contribution is 2.19. The Morgan fingerprint density at radius 2 is 1.52 bits per heavy atom. The summed E-state index contributed by atoms with van der Waals surface area (Å²) >= 11 is 0. The maximum Gasteiger partial charge on any atom is 0.252 e. The maximum absolute atomic E-state index is 12.7. The molecule has 0 aromatic heterocycles. The van der Waals surface area contributed by atoms with Crippen molar-refractivity contribution in [3.05, 3.63) is 71.8 Å². The molecule has 0 aliphatic heterocycles. The molecule has 29 heavy (non-hydrogen) atoms. The van der Waals surface area contributed by atoms with Gasteiger partial charge in [0.05, 0.1) is 6.04 Å². The zero-order valence-electron chi connectivity index (χ0n) is 16.5. The first kappa shape index (κ1) is 22.1. The second kappa shape index (κ2) is 10.4. The van der Waals surface area contributed by atoms with Gasteiger partial charge in [0, 0.05) is 5.56 Å². The second-order valence-electron chi connectivity index (χ2n) is 6.95. The van der Waals surface area contributed by atoms with Crippen LogP contribution in [0.4, 0.5) is 0 Å². The number of carbonyl (C=O) groups is 3. The summed E-state index contributed by atoms with van der Waals surface area (Å²) in [6.07, 6.45) is -0.993. The zero-order chi connectivity index (χ0) is 21.4. The van der Waals surface area contributed by atoms with E-state index in [2.05, 4.69) is 10.6 Å². The van der Waals surface area contributed by atoms with Crippen molar-refractivity contribution in [3.63, 3.8) is 0 Å². The van der Waals surface area contributed by atoms with Crippen LogP contribution in [0.2, 0.25) is 0 Å². The lowest BCUT2D eigenvalue weighted by atomic mass is 9.96. The topological polar surface area (TPSA) is 122 Å². The van der Waals surface area contributed by atoms with Crippen LogP contribution in [0.1, 0.15) is 42.2 Å². The Balaban J connectivity index is 2.24. The van der Waals surface area contributed by atoms with Crippen molar-refractivity contribution in [2.45, 2.75) is 38.5 Å². The number of nitrogens with one attached hydrogen (secondary N) is 2. The Kier molecular flexibility index (Phi) is 7.91. The second-order valence-corrected chi connectivity index (χ2v) is 6.95. The molecule has 154 valence electrons. The Labute approximate surface area is 170 Å². The standard InChI is InChI=1S/C22H27N3O4/c1-3-14(2)17(20(23)27)24-22(29)19(26)18(15-10-6-4-7-11-15)25-21(28)16-12-8-5-9-13-16/h4-14,17-19,26H,3H2,1-2H3,(H2,23,27)(H,24,29)(H,25,28)/t14-,17+,18+,19-/m1/s1.